The summed E-state index contributed by atoms with van der Waals surface area (Å²) >= 11 is 0. The normalized spacial score (nSPS) is 24.6. The van der Waals surface area contributed by atoms with Gasteiger partial charge in [0.15, 0.2) is 0 Å². The van der Waals surface area contributed by atoms with Gasteiger partial charge in [0, 0.05) is 32.1 Å². The minimum atomic E-state index is -3.91. The van der Waals surface area contributed by atoms with Crippen LogP contribution in [-0.2, 0) is 19.6 Å². The molecule has 0 spiro atoms. The first kappa shape index (κ1) is 16.9. The van der Waals surface area contributed by atoms with E-state index in [1.54, 1.807) is 24.3 Å². The summed E-state index contributed by atoms with van der Waals surface area (Å²) in [4.78, 5) is 11.6. The monoisotopic (exact) mass is 353 g/mol. The second kappa shape index (κ2) is 6.54. The van der Waals surface area contributed by atoms with Gasteiger partial charge in [-0.3, -0.25) is 4.79 Å². The zero-order valence-corrected chi connectivity index (χ0v) is 14.0. The fourth-order valence-corrected chi connectivity index (χ4v) is 4.81. The molecule has 0 radical (unpaired) electrons. The van der Waals surface area contributed by atoms with Gasteiger partial charge in [-0.25, -0.2) is 8.42 Å². The van der Waals surface area contributed by atoms with Crippen molar-refractivity contribution in [3.8, 4) is 5.75 Å². The number of sulfonamides is 1. The minimum Gasteiger partial charge on any atom is -0.493 e. The van der Waals surface area contributed by atoms with Gasteiger partial charge < -0.3 is 14.6 Å². The molecule has 2 aliphatic heterocycles. The van der Waals surface area contributed by atoms with Crippen LogP contribution < -0.4 is 4.74 Å². The molecular formula is C16H19NO6S. The van der Waals surface area contributed by atoms with E-state index < -0.39 is 28.1 Å². The summed E-state index contributed by atoms with van der Waals surface area (Å²) in [5, 5.41) is 9.37. The number of fused-ring (bicyclic) bond motifs is 1. The van der Waals surface area contributed by atoms with Gasteiger partial charge in [0.2, 0.25) is 10.0 Å². The summed E-state index contributed by atoms with van der Waals surface area (Å²) in [6.45, 7) is 0.261. The zero-order chi connectivity index (χ0) is 17.3. The third kappa shape index (κ3) is 3.04. The van der Waals surface area contributed by atoms with E-state index in [0.717, 1.165) is 4.31 Å². The highest BCUT2D eigenvalue weighted by molar-refractivity contribution is 7.93. The molecule has 1 fully saturated rings. The fraction of sp³-hybridized carbons (Fsp3) is 0.438. The Bertz CT molecular complexity index is 773. The lowest BCUT2D eigenvalue weighted by Gasteiger charge is -2.22. The molecular weight excluding hydrogens is 334 g/mol. The first-order chi connectivity index (χ1) is 11.4. The second-order valence-corrected chi connectivity index (χ2v) is 7.71. The molecule has 0 aliphatic carbocycles. The molecule has 1 aromatic carbocycles. The van der Waals surface area contributed by atoms with Crippen molar-refractivity contribution in [2.45, 2.75) is 25.0 Å². The van der Waals surface area contributed by atoms with Crippen molar-refractivity contribution in [1.82, 2.24) is 4.31 Å². The molecule has 7 nitrogen and oxygen atoms in total. The van der Waals surface area contributed by atoms with Crippen LogP contribution in [0.3, 0.4) is 0 Å². The smallest absolute Gasteiger partial charge is 0.322 e. The molecule has 0 unspecified atom stereocenters. The van der Waals surface area contributed by atoms with Gasteiger partial charge in [0.05, 0.1) is 17.6 Å². The van der Waals surface area contributed by atoms with Crippen LogP contribution in [0, 0.1) is 0 Å². The highest BCUT2D eigenvalue weighted by Gasteiger charge is 2.45. The number of hydrogen-bond acceptors (Lipinski definition) is 5. The van der Waals surface area contributed by atoms with Crippen LogP contribution in [0.25, 0.3) is 6.08 Å². The Labute approximate surface area is 140 Å². The summed E-state index contributed by atoms with van der Waals surface area (Å²) < 4.78 is 37.8. The predicted octanol–water partition coefficient (Wildman–Crippen LogP) is 1.31. The molecule has 24 heavy (non-hydrogen) atoms. The molecule has 0 bridgehead atoms. The number of benzene rings is 1. The molecule has 1 aromatic rings. The maximum absolute atomic E-state index is 13.0. The number of rotatable bonds is 4. The van der Waals surface area contributed by atoms with Crippen LogP contribution >= 0.6 is 0 Å². The van der Waals surface area contributed by atoms with Crippen molar-refractivity contribution in [1.29, 1.82) is 0 Å². The van der Waals surface area contributed by atoms with E-state index in [4.69, 9.17) is 9.47 Å². The third-order valence-electron chi connectivity index (χ3n) is 4.32. The maximum Gasteiger partial charge on any atom is 0.322 e. The second-order valence-electron chi connectivity index (χ2n) is 5.77. The zero-order valence-electron chi connectivity index (χ0n) is 13.2. The Morgan fingerprint density at radius 3 is 2.83 bits per heavy atom. The van der Waals surface area contributed by atoms with Crippen LogP contribution in [0.2, 0.25) is 0 Å². The van der Waals surface area contributed by atoms with Crippen molar-refractivity contribution >= 4 is 22.1 Å². The Morgan fingerprint density at radius 1 is 1.38 bits per heavy atom. The summed E-state index contributed by atoms with van der Waals surface area (Å²) in [7, 11) is -2.46. The average molecular weight is 353 g/mol. The molecule has 2 atom stereocenters. The molecule has 1 N–H and O–H groups in total. The van der Waals surface area contributed by atoms with Crippen molar-refractivity contribution in [3.05, 3.63) is 34.7 Å². The standard InChI is InChI=1S/C16H19NO6S/c1-22-12-9-14(16(18)19)17(10-12)24(20,21)13-6-7-23-15-5-3-2-4-11(15)8-13/h2-5,8,12,14H,6-7,9-10H2,1H3,(H,18,19)/t12-,14+/m1/s1. The lowest BCUT2D eigenvalue weighted by molar-refractivity contribution is -0.140. The van der Waals surface area contributed by atoms with Crippen molar-refractivity contribution in [2.75, 3.05) is 20.3 Å². The lowest BCUT2D eigenvalue weighted by atomic mass is 10.2. The number of carboxylic acids is 1. The third-order valence-corrected chi connectivity index (χ3v) is 6.32. The van der Waals surface area contributed by atoms with Gasteiger partial charge in [-0.05, 0) is 12.1 Å². The Hall–Kier alpha value is -1.90. The van der Waals surface area contributed by atoms with Gasteiger partial charge in [-0.1, -0.05) is 18.2 Å². The molecule has 8 heteroatoms. The van der Waals surface area contributed by atoms with Crippen molar-refractivity contribution in [2.24, 2.45) is 0 Å². The van der Waals surface area contributed by atoms with Crippen LogP contribution in [0.5, 0.6) is 5.75 Å². The molecule has 130 valence electrons. The van der Waals surface area contributed by atoms with Crippen LogP contribution in [0.1, 0.15) is 18.4 Å². The number of carboxylic acid groups (broad SMARTS) is 1. The molecule has 1 saturated heterocycles. The van der Waals surface area contributed by atoms with Gasteiger partial charge in [0.1, 0.15) is 11.8 Å². The average Bonchev–Trinajstić information content (AvgIpc) is 2.89. The van der Waals surface area contributed by atoms with Crippen LogP contribution in [0.4, 0.5) is 0 Å². The fourth-order valence-electron chi connectivity index (χ4n) is 3.02. The summed E-state index contributed by atoms with van der Waals surface area (Å²) in [5.74, 6) is -0.544. The van der Waals surface area contributed by atoms with E-state index in [1.807, 2.05) is 6.07 Å². The van der Waals surface area contributed by atoms with Gasteiger partial charge in [0.25, 0.3) is 0 Å². The van der Waals surface area contributed by atoms with E-state index in [9.17, 15) is 18.3 Å². The van der Waals surface area contributed by atoms with E-state index in [2.05, 4.69) is 0 Å². The molecule has 0 amide bonds. The van der Waals surface area contributed by atoms with Crippen molar-refractivity contribution < 1.29 is 27.8 Å². The SMILES string of the molecule is CO[C@@H]1C[C@@H](C(=O)O)N(S(=O)(=O)C2=Cc3ccccc3OCC2)C1. The van der Waals surface area contributed by atoms with Crippen LogP contribution in [-0.4, -0.2) is 56.2 Å². The number of carbonyl (C=O) groups is 1. The van der Waals surface area contributed by atoms with E-state index in [1.165, 1.54) is 7.11 Å². The summed E-state index contributed by atoms with van der Waals surface area (Å²) in [6.07, 6.45) is 1.48. The van der Waals surface area contributed by atoms with E-state index >= 15 is 0 Å². The number of para-hydroxylation sites is 1. The lowest BCUT2D eigenvalue weighted by Crippen LogP contribution is -2.41. The summed E-state index contributed by atoms with van der Waals surface area (Å²) in [6, 6.07) is 6.05. The molecule has 2 heterocycles. The van der Waals surface area contributed by atoms with Gasteiger partial charge in [-0.2, -0.15) is 4.31 Å². The molecule has 3 rings (SSSR count). The minimum absolute atomic E-state index is 0.0373. The Kier molecular flexibility index (Phi) is 4.62. The number of ether oxygens (including phenoxy) is 2. The predicted molar refractivity (Wildman–Crippen MR) is 87.0 cm³/mol. The van der Waals surface area contributed by atoms with Gasteiger partial charge in [-0.15, -0.1) is 0 Å². The molecule has 0 saturated carbocycles. The highest BCUT2D eigenvalue weighted by atomic mass is 32.2. The number of nitrogens with zero attached hydrogens (tertiary/aromatic N) is 1. The molecule has 2 aliphatic rings. The topological polar surface area (TPSA) is 93.1 Å². The largest absolute Gasteiger partial charge is 0.493 e. The van der Waals surface area contributed by atoms with Crippen molar-refractivity contribution in [3.63, 3.8) is 0 Å². The first-order valence-electron chi connectivity index (χ1n) is 7.63. The van der Waals surface area contributed by atoms with Gasteiger partial charge >= 0.3 is 5.97 Å². The summed E-state index contributed by atoms with van der Waals surface area (Å²) in [5.41, 5.74) is 0.669. The van der Waals surface area contributed by atoms with E-state index in [-0.39, 0.29) is 30.9 Å². The Morgan fingerprint density at radius 2 is 2.12 bits per heavy atom. The number of aliphatic carboxylic acids is 1. The number of hydrogen-bond donors (Lipinski definition) is 1. The van der Waals surface area contributed by atoms with Crippen LogP contribution in [0.15, 0.2) is 29.2 Å². The quantitative estimate of drug-likeness (QED) is 0.877. The Balaban J connectivity index is 1.98. The van der Waals surface area contributed by atoms with E-state index in [0.29, 0.717) is 11.3 Å². The molecule has 0 aromatic heterocycles. The highest BCUT2D eigenvalue weighted by Crippen LogP contribution is 2.33. The first-order valence-corrected chi connectivity index (χ1v) is 9.07. The maximum atomic E-state index is 13.0. The number of methoxy groups -OCH3 is 1.